The average Bonchev–Trinajstić information content (AvgIpc) is 2.96. The zero-order chi connectivity index (χ0) is 18.1. The van der Waals surface area contributed by atoms with Gasteiger partial charge < -0.3 is 19.7 Å². The van der Waals surface area contributed by atoms with E-state index in [9.17, 15) is 4.79 Å². The molecule has 0 aliphatic carbocycles. The topological polar surface area (TPSA) is 50.8 Å². The van der Waals surface area contributed by atoms with Gasteiger partial charge in [-0.15, -0.1) is 0 Å². The van der Waals surface area contributed by atoms with Gasteiger partial charge in [0.25, 0.3) is 0 Å². The quantitative estimate of drug-likeness (QED) is 0.919. The second kappa shape index (κ2) is 6.90. The zero-order valence-corrected chi connectivity index (χ0v) is 15.2. The van der Waals surface area contributed by atoms with E-state index in [0.29, 0.717) is 25.8 Å². The molecule has 2 atom stereocenters. The molecule has 2 aliphatic heterocycles. The molecule has 0 radical (unpaired) electrons. The van der Waals surface area contributed by atoms with Crippen molar-refractivity contribution in [2.24, 2.45) is 0 Å². The molecule has 5 heteroatoms. The van der Waals surface area contributed by atoms with Gasteiger partial charge in [-0.05, 0) is 49.6 Å². The van der Waals surface area contributed by atoms with Crippen LogP contribution in [0, 0.1) is 0 Å². The van der Waals surface area contributed by atoms with Crippen LogP contribution < -0.4 is 19.7 Å². The molecule has 2 aliphatic rings. The molecule has 2 aromatic rings. The Morgan fingerprint density at radius 1 is 1.19 bits per heavy atom. The Morgan fingerprint density at radius 2 is 1.96 bits per heavy atom. The van der Waals surface area contributed by atoms with E-state index >= 15 is 0 Å². The van der Waals surface area contributed by atoms with Gasteiger partial charge in [0.05, 0.1) is 12.6 Å². The van der Waals surface area contributed by atoms with Gasteiger partial charge >= 0.3 is 0 Å². The third kappa shape index (κ3) is 3.21. The molecule has 2 aromatic carbocycles. The summed E-state index contributed by atoms with van der Waals surface area (Å²) in [6, 6.07) is 14.4. The normalized spacial score (nSPS) is 19.0. The lowest BCUT2D eigenvalue weighted by atomic mass is 10.1. The van der Waals surface area contributed by atoms with E-state index in [1.165, 1.54) is 11.3 Å². The lowest BCUT2D eigenvalue weighted by molar-refractivity contribution is -0.120. The fourth-order valence-electron chi connectivity index (χ4n) is 3.72. The summed E-state index contributed by atoms with van der Waals surface area (Å²) in [5.74, 6) is 1.54. The van der Waals surface area contributed by atoms with E-state index in [1.54, 1.807) is 0 Å². The molecule has 2 heterocycles. The van der Waals surface area contributed by atoms with Crippen LogP contribution in [-0.2, 0) is 11.2 Å². The van der Waals surface area contributed by atoms with Crippen molar-refractivity contribution in [2.75, 3.05) is 24.7 Å². The second-order valence-electron chi connectivity index (χ2n) is 7.00. The SMILES string of the molecule is C[C@H](NC(=O)CN1c2ccccc2C[C@@H]1C)c1ccc2c(c1)OCCO2. The number of nitrogens with one attached hydrogen (secondary N) is 1. The summed E-state index contributed by atoms with van der Waals surface area (Å²) in [7, 11) is 0. The van der Waals surface area contributed by atoms with Crippen LogP contribution in [0.1, 0.15) is 31.0 Å². The summed E-state index contributed by atoms with van der Waals surface area (Å²) in [5.41, 5.74) is 3.49. The smallest absolute Gasteiger partial charge is 0.240 e. The Labute approximate surface area is 153 Å². The number of hydrogen-bond acceptors (Lipinski definition) is 4. The Kier molecular flexibility index (Phi) is 4.45. The molecule has 136 valence electrons. The van der Waals surface area contributed by atoms with E-state index in [2.05, 4.69) is 35.3 Å². The minimum absolute atomic E-state index is 0.0240. The molecule has 0 spiro atoms. The number of amides is 1. The molecule has 26 heavy (non-hydrogen) atoms. The number of anilines is 1. The van der Waals surface area contributed by atoms with Gasteiger partial charge in [-0.2, -0.15) is 0 Å². The number of fused-ring (bicyclic) bond motifs is 2. The Balaban J connectivity index is 1.42. The fourth-order valence-corrected chi connectivity index (χ4v) is 3.72. The zero-order valence-electron chi connectivity index (χ0n) is 15.2. The highest BCUT2D eigenvalue weighted by Gasteiger charge is 2.27. The molecule has 1 N–H and O–H groups in total. The molecule has 4 rings (SSSR count). The molecule has 5 nitrogen and oxygen atoms in total. The molecule has 0 fully saturated rings. The number of carbonyl (C=O) groups is 1. The van der Waals surface area contributed by atoms with E-state index in [0.717, 1.165) is 23.5 Å². The van der Waals surface area contributed by atoms with Crippen molar-refractivity contribution >= 4 is 11.6 Å². The van der Waals surface area contributed by atoms with Crippen molar-refractivity contribution in [1.29, 1.82) is 0 Å². The number of hydrogen-bond donors (Lipinski definition) is 1. The molecule has 1 amide bonds. The number of carbonyl (C=O) groups excluding carboxylic acids is 1. The van der Waals surface area contributed by atoms with Crippen LogP contribution in [0.3, 0.4) is 0 Å². The first kappa shape index (κ1) is 16.8. The average molecular weight is 352 g/mol. The molecular weight excluding hydrogens is 328 g/mol. The number of rotatable bonds is 4. The summed E-state index contributed by atoms with van der Waals surface area (Å²) < 4.78 is 11.2. The van der Waals surface area contributed by atoms with Crippen LogP contribution in [0.15, 0.2) is 42.5 Å². The van der Waals surface area contributed by atoms with Crippen molar-refractivity contribution in [1.82, 2.24) is 5.32 Å². The van der Waals surface area contributed by atoms with Crippen LogP contribution in [0.25, 0.3) is 0 Å². The first-order valence-electron chi connectivity index (χ1n) is 9.15. The number of ether oxygens (including phenoxy) is 2. The summed E-state index contributed by atoms with van der Waals surface area (Å²) >= 11 is 0. The highest BCUT2D eigenvalue weighted by molar-refractivity contribution is 5.83. The largest absolute Gasteiger partial charge is 0.486 e. The van der Waals surface area contributed by atoms with Crippen LogP contribution in [0.5, 0.6) is 11.5 Å². The van der Waals surface area contributed by atoms with Crippen molar-refractivity contribution in [3.8, 4) is 11.5 Å². The lowest BCUT2D eigenvalue weighted by Gasteiger charge is -2.26. The molecule has 0 aromatic heterocycles. The monoisotopic (exact) mass is 352 g/mol. The van der Waals surface area contributed by atoms with Crippen LogP contribution >= 0.6 is 0 Å². The van der Waals surface area contributed by atoms with E-state index < -0.39 is 0 Å². The molecule has 0 saturated heterocycles. The maximum Gasteiger partial charge on any atom is 0.240 e. The van der Waals surface area contributed by atoms with Crippen molar-refractivity contribution in [3.63, 3.8) is 0 Å². The summed E-state index contributed by atoms with van der Waals surface area (Å²) in [4.78, 5) is 14.8. The third-order valence-electron chi connectivity index (χ3n) is 5.11. The van der Waals surface area contributed by atoms with Crippen LogP contribution in [0.2, 0.25) is 0 Å². The summed E-state index contributed by atoms with van der Waals surface area (Å²) in [6.07, 6.45) is 0.987. The van der Waals surface area contributed by atoms with Crippen molar-refractivity contribution < 1.29 is 14.3 Å². The second-order valence-corrected chi connectivity index (χ2v) is 7.00. The van der Waals surface area contributed by atoms with E-state index in [1.807, 2.05) is 31.2 Å². The van der Waals surface area contributed by atoms with Gasteiger partial charge in [0.15, 0.2) is 11.5 Å². The van der Waals surface area contributed by atoms with E-state index in [-0.39, 0.29) is 11.9 Å². The predicted molar refractivity (Wildman–Crippen MR) is 101 cm³/mol. The number of para-hydroxylation sites is 1. The van der Waals surface area contributed by atoms with Crippen LogP contribution in [-0.4, -0.2) is 31.7 Å². The van der Waals surface area contributed by atoms with Gasteiger partial charge in [0.1, 0.15) is 13.2 Å². The van der Waals surface area contributed by atoms with Gasteiger partial charge in [0, 0.05) is 11.7 Å². The van der Waals surface area contributed by atoms with Crippen molar-refractivity contribution in [3.05, 3.63) is 53.6 Å². The number of benzene rings is 2. The highest BCUT2D eigenvalue weighted by Crippen LogP contribution is 2.33. The molecule has 0 unspecified atom stereocenters. The standard InChI is InChI=1S/C21H24N2O3/c1-14-11-17-5-3-4-6-18(17)23(14)13-21(24)22-15(2)16-7-8-19-20(12-16)26-10-9-25-19/h3-8,12,14-15H,9-11,13H2,1-2H3,(H,22,24)/t14-,15-/m0/s1. The first-order valence-corrected chi connectivity index (χ1v) is 9.15. The van der Waals surface area contributed by atoms with Crippen LogP contribution in [0.4, 0.5) is 5.69 Å². The number of nitrogens with zero attached hydrogens (tertiary/aromatic N) is 1. The summed E-state index contributed by atoms with van der Waals surface area (Å²) in [6.45, 7) is 5.66. The molecule has 0 saturated carbocycles. The fraction of sp³-hybridized carbons (Fsp3) is 0.381. The minimum Gasteiger partial charge on any atom is -0.486 e. The molecular formula is C21H24N2O3. The Bertz CT molecular complexity index is 821. The minimum atomic E-state index is -0.0912. The van der Waals surface area contributed by atoms with Gasteiger partial charge in [0.2, 0.25) is 5.91 Å². The van der Waals surface area contributed by atoms with Crippen molar-refractivity contribution in [2.45, 2.75) is 32.4 Å². The Morgan fingerprint density at radius 3 is 2.81 bits per heavy atom. The lowest BCUT2D eigenvalue weighted by Crippen LogP contribution is -2.40. The van der Waals surface area contributed by atoms with Gasteiger partial charge in [-0.3, -0.25) is 4.79 Å². The van der Waals surface area contributed by atoms with Gasteiger partial charge in [-0.1, -0.05) is 24.3 Å². The first-order chi connectivity index (χ1) is 12.6. The molecule has 0 bridgehead atoms. The summed E-state index contributed by atoms with van der Waals surface area (Å²) in [5, 5.41) is 3.10. The predicted octanol–water partition coefficient (Wildman–Crippen LogP) is 3.09. The van der Waals surface area contributed by atoms with E-state index in [4.69, 9.17) is 9.47 Å². The maximum atomic E-state index is 12.6. The highest BCUT2D eigenvalue weighted by atomic mass is 16.6. The van der Waals surface area contributed by atoms with Gasteiger partial charge in [-0.25, -0.2) is 0 Å². The third-order valence-corrected chi connectivity index (χ3v) is 5.11. The Hall–Kier alpha value is -2.69. The maximum absolute atomic E-state index is 12.6.